The van der Waals surface area contributed by atoms with Crippen molar-refractivity contribution in [3.63, 3.8) is 0 Å². The van der Waals surface area contributed by atoms with Gasteiger partial charge in [-0.2, -0.15) is 18.2 Å². The van der Waals surface area contributed by atoms with Gasteiger partial charge in [-0.3, -0.25) is 14.8 Å². The van der Waals surface area contributed by atoms with Gasteiger partial charge >= 0.3 is 11.9 Å². The number of alkyl halides is 3. The number of rotatable bonds is 6. The zero-order chi connectivity index (χ0) is 33.7. The Balaban J connectivity index is 1.90. The number of piperazine rings is 1. The Morgan fingerprint density at radius 2 is 1.83 bits per heavy atom. The highest BCUT2D eigenvalue weighted by Crippen LogP contribution is 2.38. The number of nitrogens with zero attached hydrogens (tertiary/aromatic N) is 7. The lowest BCUT2D eigenvalue weighted by Crippen LogP contribution is -2.54. The molecule has 46 heavy (non-hydrogen) atoms. The van der Waals surface area contributed by atoms with Gasteiger partial charge in [0, 0.05) is 44.3 Å². The van der Waals surface area contributed by atoms with Crippen LogP contribution in [0.25, 0.3) is 28.1 Å². The van der Waals surface area contributed by atoms with Gasteiger partial charge in [-0.25, -0.2) is 27.2 Å². The van der Waals surface area contributed by atoms with Crippen LogP contribution in [0.3, 0.4) is 0 Å². The first-order chi connectivity index (χ1) is 21.5. The molecule has 0 bridgehead atoms. The SMILES string of the molecule is C=CC(=O)N1CCN(c2nc(=O)n(-c3c(S(C)(=O)=O)ccnc3C(C)C)c3nc(-c4ncccc4C(F)(F)F)c(F)cc23)[C@@H](C)C1. The van der Waals surface area contributed by atoms with E-state index in [0.717, 1.165) is 35.2 Å². The molecule has 1 amide bonds. The van der Waals surface area contributed by atoms with E-state index >= 15 is 4.39 Å². The number of carbonyl (C=O) groups is 1. The Morgan fingerprint density at radius 1 is 1.11 bits per heavy atom. The van der Waals surface area contributed by atoms with Crippen LogP contribution in [-0.2, 0) is 20.8 Å². The van der Waals surface area contributed by atoms with Crippen LogP contribution in [0.4, 0.5) is 23.4 Å². The molecule has 1 aliphatic rings. The largest absolute Gasteiger partial charge is 0.418 e. The standard InChI is InChI=1S/C30H29F4N7O4S/c1-6-22(42)39-12-13-40(17(4)15-39)27-18-14-20(31)25(24-19(30(32,33)34)8-7-10-35-24)37-28(18)41(29(43)38-27)26-21(46(5,44)45)9-11-36-23(26)16(2)3/h6-11,14,16-17H,1,12-13,15H2,2-5H3/t17-/m0/s1. The molecular weight excluding hydrogens is 630 g/mol. The molecular formula is C30H29F4N7O4S. The lowest BCUT2D eigenvalue weighted by Gasteiger charge is -2.40. The fourth-order valence-corrected chi connectivity index (χ4v) is 6.37. The van der Waals surface area contributed by atoms with Crippen LogP contribution in [-0.4, -0.2) is 75.7 Å². The summed E-state index contributed by atoms with van der Waals surface area (Å²) in [5.74, 6) is -1.97. The average Bonchev–Trinajstić information content (AvgIpc) is 2.99. The average molecular weight is 660 g/mol. The molecule has 1 atom stereocenters. The number of hydrogen-bond acceptors (Lipinski definition) is 9. The minimum atomic E-state index is -4.93. The van der Waals surface area contributed by atoms with Gasteiger partial charge in [0.1, 0.15) is 17.2 Å². The summed E-state index contributed by atoms with van der Waals surface area (Å²) in [6.45, 7) is 9.24. The second kappa shape index (κ2) is 11.9. The number of amides is 1. The minimum absolute atomic E-state index is 0.0413. The molecule has 4 aromatic heterocycles. The van der Waals surface area contributed by atoms with E-state index in [1.807, 2.05) is 0 Å². The molecule has 242 valence electrons. The molecule has 16 heteroatoms. The molecule has 0 aliphatic carbocycles. The monoisotopic (exact) mass is 659 g/mol. The van der Waals surface area contributed by atoms with Gasteiger partial charge in [0.2, 0.25) is 5.91 Å². The predicted molar refractivity (Wildman–Crippen MR) is 162 cm³/mol. The van der Waals surface area contributed by atoms with E-state index in [4.69, 9.17) is 0 Å². The van der Waals surface area contributed by atoms with Gasteiger partial charge in [-0.1, -0.05) is 20.4 Å². The Labute approximate surface area is 261 Å². The summed E-state index contributed by atoms with van der Waals surface area (Å²) < 4.78 is 84.8. The maximum atomic E-state index is 16.0. The highest BCUT2D eigenvalue weighted by atomic mass is 32.2. The van der Waals surface area contributed by atoms with E-state index in [1.54, 1.807) is 25.7 Å². The molecule has 1 saturated heterocycles. The molecule has 0 aromatic carbocycles. The first-order valence-corrected chi connectivity index (χ1v) is 16.0. The maximum absolute atomic E-state index is 16.0. The van der Waals surface area contributed by atoms with Crippen LogP contribution in [0.1, 0.15) is 37.9 Å². The van der Waals surface area contributed by atoms with E-state index < -0.39 is 56.4 Å². The first kappa shape index (κ1) is 32.7. The normalized spacial score (nSPS) is 15.9. The molecule has 0 N–H and O–H groups in total. The quantitative estimate of drug-likeness (QED) is 0.221. The summed E-state index contributed by atoms with van der Waals surface area (Å²) in [6.07, 6.45) is -0.515. The molecule has 5 heterocycles. The number of sulfone groups is 1. The van der Waals surface area contributed by atoms with E-state index in [1.165, 1.54) is 23.2 Å². The maximum Gasteiger partial charge on any atom is 0.418 e. The molecule has 11 nitrogen and oxygen atoms in total. The van der Waals surface area contributed by atoms with Crippen molar-refractivity contribution >= 4 is 32.6 Å². The van der Waals surface area contributed by atoms with Gasteiger partial charge < -0.3 is 9.80 Å². The molecule has 0 saturated carbocycles. The zero-order valence-electron chi connectivity index (χ0n) is 25.2. The van der Waals surface area contributed by atoms with Crippen LogP contribution in [0.5, 0.6) is 0 Å². The number of pyridine rings is 3. The lowest BCUT2D eigenvalue weighted by molar-refractivity contribution is -0.137. The summed E-state index contributed by atoms with van der Waals surface area (Å²) in [6, 6.07) is 3.42. The van der Waals surface area contributed by atoms with Gasteiger partial charge in [0.05, 0.1) is 27.2 Å². The van der Waals surface area contributed by atoms with Crippen molar-refractivity contribution in [1.82, 2.24) is 29.4 Å². The number of hydrogen-bond donors (Lipinski definition) is 0. The molecule has 1 fully saturated rings. The number of aromatic nitrogens is 5. The molecule has 5 rings (SSSR count). The van der Waals surface area contributed by atoms with Crippen molar-refractivity contribution < 1.29 is 30.8 Å². The number of halogens is 4. The Bertz CT molecular complexity index is 2050. The van der Waals surface area contributed by atoms with Gasteiger partial charge in [0.15, 0.2) is 21.3 Å². The highest BCUT2D eigenvalue weighted by molar-refractivity contribution is 7.90. The van der Waals surface area contributed by atoms with Crippen molar-refractivity contribution in [1.29, 1.82) is 0 Å². The minimum Gasteiger partial charge on any atom is -0.350 e. The van der Waals surface area contributed by atoms with Gasteiger partial charge in [-0.15, -0.1) is 0 Å². The summed E-state index contributed by atoms with van der Waals surface area (Å²) in [7, 11) is -4.02. The summed E-state index contributed by atoms with van der Waals surface area (Å²) in [5.41, 5.74) is -4.33. The van der Waals surface area contributed by atoms with E-state index in [9.17, 15) is 31.2 Å². The Kier molecular flexibility index (Phi) is 8.44. The Hall–Kier alpha value is -4.73. The van der Waals surface area contributed by atoms with Crippen LogP contribution < -0.4 is 10.6 Å². The van der Waals surface area contributed by atoms with Crippen LogP contribution in [0.2, 0.25) is 0 Å². The number of anilines is 1. The fourth-order valence-electron chi connectivity index (χ4n) is 5.51. The van der Waals surface area contributed by atoms with Crippen LogP contribution >= 0.6 is 0 Å². The fraction of sp³-hybridized carbons (Fsp3) is 0.333. The van der Waals surface area contributed by atoms with Crippen LogP contribution in [0.15, 0.2) is 59.0 Å². The summed E-state index contributed by atoms with van der Waals surface area (Å²) in [5, 5.41) is -0.0845. The highest BCUT2D eigenvalue weighted by Gasteiger charge is 2.37. The van der Waals surface area contributed by atoms with Crippen molar-refractivity contribution in [2.45, 2.75) is 43.8 Å². The molecule has 0 spiro atoms. The third-order valence-corrected chi connectivity index (χ3v) is 8.74. The molecule has 0 unspecified atom stereocenters. The van der Waals surface area contributed by atoms with E-state index in [0.29, 0.717) is 0 Å². The zero-order valence-corrected chi connectivity index (χ0v) is 26.0. The molecule has 1 aliphatic heterocycles. The van der Waals surface area contributed by atoms with E-state index in [2.05, 4.69) is 26.5 Å². The van der Waals surface area contributed by atoms with Crippen molar-refractivity contribution in [3.8, 4) is 17.1 Å². The molecule has 0 radical (unpaired) electrons. The van der Waals surface area contributed by atoms with Gasteiger partial charge in [0.25, 0.3) is 0 Å². The first-order valence-electron chi connectivity index (χ1n) is 14.1. The van der Waals surface area contributed by atoms with Crippen molar-refractivity contribution in [2.75, 3.05) is 30.8 Å². The van der Waals surface area contributed by atoms with Crippen LogP contribution in [0, 0.1) is 5.82 Å². The van der Waals surface area contributed by atoms with Crippen molar-refractivity contribution in [2.24, 2.45) is 0 Å². The molecule has 4 aromatic rings. The summed E-state index contributed by atoms with van der Waals surface area (Å²) >= 11 is 0. The van der Waals surface area contributed by atoms with E-state index in [-0.39, 0.29) is 58.7 Å². The number of carbonyl (C=O) groups excluding carboxylic acids is 1. The second-order valence-electron chi connectivity index (χ2n) is 11.1. The second-order valence-corrected chi connectivity index (χ2v) is 13.1. The lowest BCUT2D eigenvalue weighted by atomic mass is 10.1. The van der Waals surface area contributed by atoms with Crippen molar-refractivity contribution in [3.05, 3.63) is 76.9 Å². The number of fused-ring (bicyclic) bond motifs is 1. The van der Waals surface area contributed by atoms with Gasteiger partial charge in [-0.05, 0) is 43.2 Å². The Morgan fingerprint density at radius 3 is 2.43 bits per heavy atom. The topological polar surface area (TPSA) is 131 Å². The smallest absolute Gasteiger partial charge is 0.350 e. The summed E-state index contributed by atoms with van der Waals surface area (Å²) in [4.78, 5) is 45.8. The third-order valence-electron chi connectivity index (χ3n) is 7.61. The predicted octanol–water partition coefficient (Wildman–Crippen LogP) is 4.15. The third kappa shape index (κ3) is 5.84.